The van der Waals surface area contributed by atoms with Gasteiger partial charge in [-0.05, 0) is 199 Å². The number of ketones is 3. The number of Topliss-reactive ketones (excluding diaryl/α,β-unsaturated/α-hetero) is 3. The number of amides is 2. The van der Waals surface area contributed by atoms with Crippen LogP contribution in [0.4, 0.5) is 4.79 Å². The van der Waals surface area contributed by atoms with Crippen LogP contribution in [0.1, 0.15) is 148 Å². The minimum absolute atomic E-state index is 0. The van der Waals surface area contributed by atoms with Crippen LogP contribution in [0.2, 0.25) is 20.6 Å². The molecule has 18 nitrogen and oxygen atoms in total. The van der Waals surface area contributed by atoms with Crippen LogP contribution in [0.5, 0.6) is 0 Å². The van der Waals surface area contributed by atoms with Gasteiger partial charge in [-0.1, -0.05) is 131 Å². The number of ether oxygens (including phenoxy) is 1. The summed E-state index contributed by atoms with van der Waals surface area (Å²) in [6.07, 6.45) is 21.9. The molecule has 1 unspecified atom stereocenters. The second-order valence-corrected chi connectivity index (χ2v) is 31.1. The van der Waals surface area contributed by atoms with Crippen molar-refractivity contribution in [3.05, 3.63) is 208 Å². The highest BCUT2D eigenvalue weighted by atomic mass is 79.9. The minimum Gasteiger partial charge on any atom is -0.443 e. The van der Waals surface area contributed by atoms with Crippen molar-refractivity contribution in [1.82, 2.24) is 34.8 Å². The molecule has 504 valence electrons. The van der Waals surface area contributed by atoms with Crippen molar-refractivity contribution in [2.45, 2.75) is 136 Å². The van der Waals surface area contributed by atoms with E-state index in [0.717, 1.165) is 99.2 Å². The van der Waals surface area contributed by atoms with Crippen molar-refractivity contribution < 1.29 is 38.5 Å². The Morgan fingerprint density at radius 2 is 1.02 bits per heavy atom. The summed E-state index contributed by atoms with van der Waals surface area (Å²) >= 11 is 40.1. The molecule has 6 aromatic heterocycles. The van der Waals surface area contributed by atoms with Gasteiger partial charge in [-0.25, -0.2) is 29.6 Å². The van der Waals surface area contributed by atoms with Gasteiger partial charge in [0.05, 0.1) is 17.0 Å². The van der Waals surface area contributed by atoms with Crippen LogP contribution in [-0.4, -0.2) is 92.0 Å². The number of hydrogen-bond donors (Lipinski definition) is 3. The summed E-state index contributed by atoms with van der Waals surface area (Å²) in [5.74, 6) is -0.286. The zero-order valence-electron chi connectivity index (χ0n) is 49.9. The number of piperidine rings is 1. The third kappa shape index (κ3) is 27.6. The average Bonchev–Trinajstić information content (AvgIpc) is 0.928. The highest BCUT2D eigenvalue weighted by Crippen LogP contribution is 2.61. The third-order valence-corrected chi connectivity index (χ3v) is 15.6. The highest BCUT2D eigenvalue weighted by molar-refractivity contribution is 9.10. The molecule has 8 aromatic rings. The molecule has 4 aliphatic carbocycles. The monoisotopic (exact) mass is 1530 g/mol. The second kappa shape index (κ2) is 39.8. The lowest BCUT2D eigenvalue weighted by Crippen LogP contribution is -2.45. The van der Waals surface area contributed by atoms with E-state index >= 15 is 0 Å². The fraction of sp³-hybridized carbons (Fsp3) is 0.333. The lowest BCUT2D eigenvalue weighted by molar-refractivity contribution is -0.138. The van der Waals surface area contributed by atoms with E-state index in [0.29, 0.717) is 38.3 Å². The number of halogens is 9. The number of likely N-dealkylation sites (tertiary alicyclic amines) is 1. The van der Waals surface area contributed by atoms with Crippen LogP contribution in [0, 0.1) is 0 Å². The molecule has 2 aromatic carbocycles. The van der Waals surface area contributed by atoms with Gasteiger partial charge in [-0.15, -0.1) is 12.4 Å². The van der Waals surface area contributed by atoms with Crippen LogP contribution in [-0.2, 0) is 51.0 Å². The van der Waals surface area contributed by atoms with Crippen molar-refractivity contribution in [2.24, 2.45) is 5.16 Å². The number of nitrogens with zero attached hydrogens (tertiary/aromatic N) is 6. The van der Waals surface area contributed by atoms with E-state index in [1.54, 1.807) is 82.1 Å². The minimum atomic E-state index is -3.22. The summed E-state index contributed by atoms with van der Waals surface area (Å²) in [7, 11) is 0. The van der Waals surface area contributed by atoms with E-state index in [4.69, 9.17) is 56.3 Å². The number of carbonyl (C=O) groups is 5. The molecule has 13 rings (SSSR count). The number of alkyl halides is 1. The number of nitrogens with one attached hydrogen (secondary N) is 2. The van der Waals surface area contributed by atoms with Gasteiger partial charge in [0.25, 0.3) is 0 Å². The lowest BCUT2D eigenvalue weighted by atomic mass is 9.92. The van der Waals surface area contributed by atoms with Gasteiger partial charge in [0, 0.05) is 85.4 Å². The van der Waals surface area contributed by atoms with E-state index < -0.39 is 22.8 Å². The predicted octanol–water partition coefficient (Wildman–Crippen LogP) is 18.4. The molecule has 2 amide bonds. The molecule has 5 aliphatic rings. The van der Waals surface area contributed by atoms with E-state index in [2.05, 4.69) is 84.7 Å². The fourth-order valence-corrected chi connectivity index (χ4v) is 10.7. The lowest BCUT2D eigenvalue weighted by Gasteiger charge is -2.27. The van der Waals surface area contributed by atoms with Crippen LogP contribution in [0.25, 0.3) is 21.5 Å². The summed E-state index contributed by atoms with van der Waals surface area (Å²) in [5.41, 5.74) is 8.35. The van der Waals surface area contributed by atoms with E-state index in [1.165, 1.54) is 36.8 Å². The Hall–Kier alpha value is -6.09. The zero-order valence-corrected chi connectivity index (χ0v) is 58.5. The molecule has 1 atom stereocenters. The molecule has 1 saturated heterocycles. The summed E-state index contributed by atoms with van der Waals surface area (Å²) in [6.45, 7) is 5.31. The Labute approximate surface area is 594 Å². The average molecular weight is 1530 g/mol. The molecule has 1 fully saturated rings. The number of aromatic nitrogens is 6. The van der Waals surface area contributed by atoms with Gasteiger partial charge in [0.15, 0.2) is 11.6 Å². The summed E-state index contributed by atoms with van der Waals surface area (Å²) in [6, 6.07) is 25.7. The predicted molar refractivity (Wildman–Crippen MR) is 385 cm³/mol. The van der Waals surface area contributed by atoms with Crippen molar-refractivity contribution in [1.29, 1.82) is 0 Å². The quantitative estimate of drug-likeness (QED) is 0.0318. The number of pyridine rings is 6. The first-order chi connectivity index (χ1) is 43.1. The van der Waals surface area contributed by atoms with E-state index in [9.17, 15) is 38.1 Å². The first-order valence-electron chi connectivity index (χ1n) is 28.5. The van der Waals surface area contributed by atoms with Crippen molar-refractivity contribution in [3.63, 3.8) is 0 Å². The number of imide groups is 1. The number of aryl methyl sites for hydroxylation is 5. The molecule has 3 N–H and O–H groups in total. The number of oxime groups is 1. The summed E-state index contributed by atoms with van der Waals surface area (Å²) in [4.78, 5) is 101. The molecule has 94 heavy (non-hydrogen) atoms. The van der Waals surface area contributed by atoms with Gasteiger partial charge in [0.1, 0.15) is 32.0 Å². The Morgan fingerprint density at radius 1 is 0.596 bits per heavy atom. The molecule has 0 radical (unpaired) electrons. The normalized spacial score (nSPS) is 15.3. The third-order valence-electron chi connectivity index (χ3n) is 13.9. The van der Waals surface area contributed by atoms with E-state index in [1.807, 2.05) is 60.8 Å². The number of fused-ring (bicyclic) bond motifs is 6. The Balaban J connectivity index is 0.000000281. The molecule has 1 aliphatic heterocycles. The number of benzene rings is 2. The van der Waals surface area contributed by atoms with E-state index in [-0.39, 0.29) is 79.9 Å². The summed E-state index contributed by atoms with van der Waals surface area (Å²) < 4.78 is 14.5. The first-order valence-corrected chi connectivity index (χ1v) is 35.4. The molecular formula is C66H72BrCl8N8O10P. The van der Waals surface area contributed by atoms with Gasteiger partial charge in [-0.2, -0.15) is 0 Å². The standard InChI is InChI=1S/C10H15NO4.C9H7BrClNO.C9H9ClN2O.C9H8ClNO.C9H10ClN.2C9H7NO.2CH4.Cl3OP.ClH/c1-10(2,3)15-9(14)11-5-4-7(12)6-8(11)13;10-7-2-1-5-4-12-8(11)3-6(5)9(7)13;10-9-4-7-6(5-11-9)2-1-3-8(7)12-13;10-9-4-7-6(5-11-9)2-1-3-8(7)12;10-9-5-7-3-1-2-4-8(7)6-11-9;2*11-9-5-7-3-1-2-4-8(7)6-10-9;;;1-5(2,3)4;/h4-6H2,1-3H3;3-4,7H,1-2H2;4-5,13H,1-3H2;4-5H,1-3H2;5-6H,1-4H2;2*1-6H,(H,10,11);2*1H4;;1H/b;;12-8+;;;;;;;;. The van der Waals surface area contributed by atoms with Gasteiger partial charge in [0.2, 0.25) is 17.0 Å². The van der Waals surface area contributed by atoms with Gasteiger partial charge < -0.3 is 19.9 Å². The molecule has 7 heterocycles. The van der Waals surface area contributed by atoms with Gasteiger partial charge in [-0.3, -0.25) is 33.3 Å². The second-order valence-electron chi connectivity index (χ2n) is 21.8. The maximum absolute atomic E-state index is 11.6. The Kier molecular flexibility index (Phi) is 34.8. The zero-order chi connectivity index (χ0) is 66.4. The largest absolute Gasteiger partial charge is 0.443 e. The number of aromatic amines is 2. The topological polar surface area (TPSA) is 265 Å². The number of H-pyrrole nitrogens is 2. The fourth-order valence-electron chi connectivity index (χ4n) is 9.59. The van der Waals surface area contributed by atoms with Crippen LogP contribution in [0.3, 0.4) is 0 Å². The van der Waals surface area contributed by atoms with Crippen molar-refractivity contribution in [2.75, 3.05) is 6.54 Å². The molecule has 0 bridgehead atoms. The Morgan fingerprint density at radius 3 is 1.52 bits per heavy atom. The summed E-state index contributed by atoms with van der Waals surface area (Å²) in [5, 5.41) is 14.7. The number of hydrogen-bond acceptors (Lipinski definition) is 15. The van der Waals surface area contributed by atoms with Crippen LogP contribution >= 0.6 is 114 Å². The number of carbonyl (C=O) groups excluding carboxylic acids is 5. The smallest absolute Gasteiger partial charge is 0.417 e. The SMILES string of the molecule is C.C.CC(C)(C)OC(=O)N1CCC(=O)CC1=O.Cl.Clc1cc2c(cn1)CCCC2.O/N=C1\CCCc2cnc(Cl)cc21.O=C1CCCc2cnc(Cl)cc21.O=C1c2cc(Cl)ncc2CCC1Br.O=P(Cl)(Cl)Cl.O=c1cc2ccccc2c[nH]1.O=c1cc2ccccc2c[nH]1. The highest BCUT2D eigenvalue weighted by Gasteiger charge is 2.32. The van der Waals surface area contributed by atoms with Crippen molar-refractivity contribution >= 4 is 170 Å². The van der Waals surface area contributed by atoms with Crippen molar-refractivity contribution in [3.8, 4) is 0 Å². The Bertz CT molecular complexity index is 4020. The van der Waals surface area contributed by atoms with Crippen LogP contribution in [0.15, 0.2) is 137 Å². The number of rotatable bonds is 0. The molecule has 0 spiro atoms. The molecule has 0 saturated carbocycles. The maximum atomic E-state index is 11.6. The first kappa shape index (κ1) is 82.1. The molecule has 28 heteroatoms. The molecular weight excluding hydrogens is 1460 g/mol. The van der Waals surface area contributed by atoms with Gasteiger partial charge >= 0.3 is 11.3 Å². The van der Waals surface area contributed by atoms with Crippen LogP contribution < -0.4 is 11.1 Å². The maximum Gasteiger partial charge on any atom is 0.417 e.